The Morgan fingerprint density at radius 2 is 1.93 bits per heavy atom. The lowest BCUT2D eigenvalue weighted by Crippen LogP contribution is -2.71. The second kappa shape index (κ2) is 6.12. The number of aromatic nitrogens is 4. The lowest BCUT2D eigenvalue weighted by molar-refractivity contribution is 0.121. The van der Waals surface area contributed by atoms with Gasteiger partial charge >= 0.3 is 0 Å². The van der Waals surface area contributed by atoms with Crippen molar-refractivity contribution in [2.75, 3.05) is 31.1 Å². The number of anilines is 1. The Hall–Kier alpha value is -3.25. The van der Waals surface area contributed by atoms with Crippen LogP contribution in [0.1, 0.15) is 5.69 Å². The molecule has 2 saturated heterocycles. The standard InChI is InChI=1S/C23H22N6/c1-15-3-2-4-20(28-15)22-21(26-14-27-22)16-5-6-19-17(7-16)8-18(9-25-19)29-12-23(13-29)10-24-11-23/h2-9,14,24H,10-13H2,1H3,(H,26,27). The summed E-state index contributed by atoms with van der Waals surface area (Å²) in [6, 6.07) is 14.6. The van der Waals surface area contributed by atoms with Gasteiger partial charge in [0.15, 0.2) is 0 Å². The van der Waals surface area contributed by atoms with E-state index >= 15 is 0 Å². The molecular formula is C23H22N6. The monoisotopic (exact) mass is 382 g/mol. The van der Waals surface area contributed by atoms with Gasteiger partial charge < -0.3 is 15.2 Å². The molecular weight excluding hydrogens is 360 g/mol. The molecule has 6 nitrogen and oxygen atoms in total. The van der Waals surface area contributed by atoms with Crippen molar-refractivity contribution in [3.8, 4) is 22.6 Å². The van der Waals surface area contributed by atoms with Gasteiger partial charge in [-0.25, -0.2) is 4.98 Å². The number of hydrogen-bond donors (Lipinski definition) is 2. The molecule has 2 aliphatic heterocycles. The number of aryl methyl sites for hydroxylation is 1. The number of imidazole rings is 1. The van der Waals surface area contributed by atoms with E-state index in [-0.39, 0.29) is 0 Å². The molecule has 2 aliphatic rings. The number of hydrogen-bond acceptors (Lipinski definition) is 5. The Morgan fingerprint density at radius 3 is 2.72 bits per heavy atom. The lowest BCUT2D eigenvalue weighted by Gasteiger charge is -2.57. The summed E-state index contributed by atoms with van der Waals surface area (Å²) in [7, 11) is 0. The molecule has 0 bridgehead atoms. The highest BCUT2D eigenvalue weighted by Crippen LogP contribution is 2.38. The van der Waals surface area contributed by atoms with Crippen LogP contribution in [-0.2, 0) is 0 Å². The SMILES string of the molecule is Cc1cccc(-c2[nH]cnc2-c2ccc3ncc(N4CC5(CNC5)C4)cc3c2)n1. The summed E-state index contributed by atoms with van der Waals surface area (Å²) in [6.45, 7) is 6.53. The van der Waals surface area contributed by atoms with Crippen LogP contribution in [0.15, 0.2) is 55.0 Å². The third-order valence-corrected chi connectivity index (χ3v) is 6.14. The summed E-state index contributed by atoms with van der Waals surface area (Å²) in [5.41, 5.74) is 7.53. The van der Waals surface area contributed by atoms with Gasteiger partial charge in [0.2, 0.25) is 0 Å². The van der Waals surface area contributed by atoms with Crippen LogP contribution >= 0.6 is 0 Å². The second-order valence-electron chi connectivity index (χ2n) is 8.35. The number of aromatic amines is 1. The van der Waals surface area contributed by atoms with Crippen LogP contribution in [0.4, 0.5) is 5.69 Å². The van der Waals surface area contributed by atoms with Crippen LogP contribution in [0, 0.1) is 12.3 Å². The largest absolute Gasteiger partial charge is 0.369 e. The Labute approximate surface area is 169 Å². The fraction of sp³-hybridized carbons (Fsp3) is 0.261. The van der Waals surface area contributed by atoms with Gasteiger partial charge in [0.1, 0.15) is 0 Å². The summed E-state index contributed by atoms with van der Waals surface area (Å²) < 4.78 is 0. The van der Waals surface area contributed by atoms with E-state index in [0.29, 0.717) is 5.41 Å². The van der Waals surface area contributed by atoms with E-state index in [2.05, 4.69) is 49.4 Å². The van der Waals surface area contributed by atoms with Crippen LogP contribution in [0.25, 0.3) is 33.5 Å². The topological polar surface area (TPSA) is 69.7 Å². The van der Waals surface area contributed by atoms with E-state index in [4.69, 9.17) is 4.98 Å². The number of benzene rings is 1. The van der Waals surface area contributed by atoms with Crippen LogP contribution in [0.5, 0.6) is 0 Å². The smallest absolute Gasteiger partial charge is 0.0977 e. The summed E-state index contributed by atoms with van der Waals surface area (Å²) in [5.74, 6) is 0. The summed E-state index contributed by atoms with van der Waals surface area (Å²) in [5, 5.41) is 4.53. The number of H-pyrrole nitrogens is 1. The van der Waals surface area contributed by atoms with E-state index in [1.165, 1.54) is 5.69 Å². The van der Waals surface area contributed by atoms with Crippen molar-refractivity contribution < 1.29 is 0 Å². The second-order valence-corrected chi connectivity index (χ2v) is 8.35. The maximum atomic E-state index is 4.69. The van der Waals surface area contributed by atoms with E-state index in [1.54, 1.807) is 6.33 Å². The molecule has 1 aromatic carbocycles. The Balaban J connectivity index is 1.36. The first kappa shape index (κ1) is 16.7. The number of nitrogens with zero attached hydrogens (tertiary/aromatic N) is 4. The lowest BCUT2D eigenvalue weighted by atomic mass is 9.74. The number of nitrogens with one attached hydrogen (secondary N) is 2. The summed E-state index contributed by atoms with van der Waals surface area (Å²) in [6.07, 6.45) is 3.73. The van der Waals surface area contributed by atoms with Gasteiger partial charge in [-0.15, -0.1) is 0 Å². The van der Waals surface area contributed by atoms with Gasteiger partial charge in [-0.2, -0.15) is 0 Å². The molecule has 0 saturated carbocycles. The molecule has 0 amide bonds. The van der Waals surface area contributed by atoms with E-state index in [0.717, 1.165) is 65.4 Å². The van der Waals surface area contributed by atoms with Crippen LogP contribution < -0.4 is 10.2 Å². The van der Waals surface area contributed by atoms with Crippen LogP contribution in [-0.4, -0.2) is 46.1 Å². The molecule has 4 aromatic rings. The first-order valence-electron chi connectivity index (χ1n) is 10.0. The Bertz CT molecular complexity index is 1220. The van der Waals surface area contributed by atoms with Crippen LogP contribution in [0.2, 0.25) is 0 Å². The van der Waals surface area contributed by atoms with Gasteiger partial charge in [-0.05, 0) is 37.3 Å². The van der Waals surface area contributed by atoms with Crippen LogP contribution in [0.3, 0.4) is 0 Å². The molecule has 29 heavy (non-hydrogen) atoms. The minimum atomic E-state index is 0.502. The average Bonchev–Trinajstić information content (AvgIpc) is 3.15. The molecule has 2 fully saturated rings. The van der Waals surface area contributed by atoms with Crippen molar-refractivity contribution in [2.45, 2.75) is 6.92 Å². The van der Waals surface area contributed by atoms with Gasteiger partial charge in [0, 0.05) is 48.2 Å². The fourth-order valence-electron chi connectivity index (χ4n) is 4.48. The third-order valence-electron chi connectivity index (χ3n) is 6.14. The molecule has 0 radical (unpaired) electrons. The molecule has 1 spiro atoms. The Kier molecular flexibility index (Phi) is 3.52. The zero-order valence-corrected chi connectivity index (χ0v) is 16.3. The van der Waals surface area contributed by atoms with Crippen molar-refractivity contribution in [1.82, 2.24) is 25.3 Å². The minimum absolute atomic E-state index is 0.502. The highest BCUT2D eigenvalue weighted by molar-refractivity contribution is 5.88. The van der Waals surface area contributed by atoms with Crippen molar-refractivity contribution in [3.63, 3.8) is 0 Å². The molecule has 3 aromatic heterocycles. The van der Waals surface area contributed by atoms with Crippen molar-refractivity contribution in [1.29, 1.82) is 0 Å². The molecule has 144 valence electrons. The molecule has 6 rings (SSSR count). The van der Waals surface area contributed by atoms with Crippen molar-refractivity contribution in [3.05, 3.63) is 60.7 Å². The van der Waals surface area contributed by atoms with Crippen molar-refractivity contribution >= 4 is 16.6 Å². The minimum Gasteiger partial charge on any atom is -0.369 e. The summed E-state index contributed by atoms with van der Waals surface area (Å²) >= 11 is 0. The predicted molar refractivity (Wildman–Crippen MR) is 115 cm³/mol. The molecule has 6 heteroatoms. The first-order chi connectivity index (χ1) is 14.2. The Morgan fingerprint density at radius 1 is 1.03 bits per heavy atom. The van der Waals surface area contributed by atoms with E-state index < -0.39 is 0 Å². The number of rotatable bonds is 3. The maximum absolute atomic E-state index is 4.69. The van der Waals surface area contributed by atoms with Gasteiger partial charge in [0.25, 0.3) is 0 Å². The normalized spacial score (nSPS) is 17.3. The highest BCUT2D eigenvalue weighted by atomic mass is 15.3. The molecule has 5 heterocycles. The maximum Gasteiger partial charge on any atom is 0.0977 e. The molecule has 0 atom stereocenters. The first-order valence-corrected chi connectivity index (χ1v) is 10.0. The zero-order valence-electron chi connectivity index (χ0n) is 16.3. The molecule has 2 N–H and O–H groups in total. The van der Waals surface area contributed by atoms with E-state index in [1.807, 2.05) is 31.3 Å². The van der Waals surface area contributed by atoms with Crippen molar-refractivity contribution in [2.24, 2.45) is 5.41 Å². The predicted octanol–water partition coefficient (Wildman–Crippen LogP) is 3.40. The highest BCUT2D eigenvalue weighted by Gasteiger charge is 2.47. The van der Waals surface area contributed by atoms with Gasteiger partial charge in [0.05, 0.1) is 40.8 Å². The third kappa shape index (κ3) is 2.71. The van der Waals surface area contributed by atoms with E-state index in [9.17, 15) is 0 Å². The number of fused-ring (bicyclic) bond motifs is 1. The zero-order chi connectivity index (χ0) is 19.4. The fourth-order valence-corrected chi connectivity index (χ4v) is 4.48. The quantitative estimate of drug-likeness (QED) is 0.568. The molecule has 0 unspecified atom stereocenters. The molecule has 0 aliphatic carbocycles. The average molecular weight is 382 g/mol. The number of pyridine rings is 2. The summed E-state index contributed by atoms with van der Waals surface area (Å²) in [4.78, 5) is 19.6. The van der Waals surface area contributed by atoms with Gasteiger partial charge in [-0.3, -0.25) is 9.97 Å². The van der Waals surface area contributed by atoms with Gasteiger partial charge in [-0.1, -0.05) is 12.1 Å².